The maximum atomic E-state index is 6.70. The summed E-state index contributed by atoms with van der Waals surface area (Å²) in [4.78, 5) is 0. The Hall–Kier alpha value is -3.78. The summed E-state index contributed by atoms with van der Waals surface area (Å²) in [6.45, 7) is 2.96. The van der Waals surface area contributed by atoms with Crippen LogP contribution in [-0.2, 0) is 6.54 Å². The molecule has 3 nitrogen and oxygen atoms in total. The average molecular weight is 476 g/mol. The minimum Gasteiger partial charge on any atom is -0.408 e. The van der Waals surface area contributed by atoms with Crippen molar-refractivity contribution in [2.24, 2.45) is 0 Å². The predicted molar refractivity (Wildman–Crippen MR) is 147 cm³/mol. The summed E-state index contributed by atoms with van der Waals surface area (Å²) in [5, 5.41) is 4.62. The number of para-hydroxylation sites is 2. The topological polar surface area (TPSA) is 29.5 Å². The van der Waals surface area contributed by atoms with E-state index >= 15 is 0 Å². The highest BCUT2D eigenvalue weighted by molar-refractivity contribution is 7.38. The van der Waals surface area contributed by atoms with Crippen LogP contribution in [0.2, 0.25) is 0 Å². The monoisotopic (exact) mass is 475 g/mol. The first-order valence-corrected chi connectivity index (χ1v) is 13.0. The molecule has 0 saturated heterocycles. The molecule has 172 valence electrons. The number of fused-ring (bicyclic) bond motifs is 4. The van der Waals surface area contributed by atoms with Gasteiger partial charge in [0.1, 0.15) is 11.2 Å². The zero-order valence-corrected chi connectivity index (χ0v) is 20.4. The Labute approximate surface area is 205 Å². The van der Waals surface area contributed by atoms with Crippen molar-refractivity contribution in [2.45, 2.75) is 19.5 Å². The Kier molecular flexibility index (Phi) is 5.88. The van der Waals surface area contributed by atoms with Gasteiger partial charge in [0.15, 0.2) is 0 Å². The van der Waals surface area contributed by atoms with E-state index in [1.807, 2.05) is 36.4 Å². The molecule has 0 fully saturated rings. The molecule has 35 heavy (non-hydrogen) atoms. The Bertz CT molecular complexity index is 1600. The van der Waals surface area contributed by atoms with Crippen molar-refractivity contribution in [3.8, 4) is 0 Å². The molecule has 0 aliphatic carbocycles. The molecular formula is C31H26NO2P. The van der Waals surface area contributed by atoms with Gasteiger partial charge in [-0.2, -0.15) is 4.67 Å². The lowest BCUT2D eigenvalue weighted by Gasteiger charge is -2.27. The molecule has 0 radical (unpaired) electrons. The minimum atomic E-state index is -1.44. The summed E-state index contributed by atoms with van der Waals surface area (Å²) in [6, 6.07) is 42.2. The molecule has 4 heteroatoms. The van der Waals surface area contributed by atoms with Crippen LogP contribution in [-0.4, -0.2) is 0 Å². The van der Waals surface area contributed by atoms with Crippen LogP contribution in [0.4, 0.5) is 0 Å². The molecule has 0 bridgehead atoms. The summed E-state index contributed by atoms with van der Waals surface area (Å²) >= 11 is 0. The molecule has 0 N–H and O–H groups in total. The van der Waals surface area contributed by atoms with Crippen LogP contribution in [0.5, 0.6) is 0 Å². The van der Waals surface area contributed by atoms with Gasteiger partial charge in [0, 0.05) is 23.4 Å². The molecule has 6 aromatic rings. The number of nitrogens with zero attached hydrogens (tertiary/aromatic N) is 1. The Morgan fingerprint density at radius 2 is 1.14 bits per heavy atom. The first-order valence-electron chi connectivity index (χ1n) is 11.9. The van der Waals surface area contributed by atoms with Gasteiger partial charge < -0.3 is 8.39 Å². The standard InChI is InChI=1S/C31H26NO2P/c1-23(26-19-11-15-25-14-5-6-16-27(25)26)32(22-24-12-3-2-4-13-24)35-33-30-20-9-7-17-28(30)29-18-8-10-21-31(29)34-35/h2-21,23H,22H2,1H3/t23-/m1/s1. The van der Waals surface area contributed by atoms with Crippen LogP contribution >= 0.6 is 8.16 Å². The fourth-order valence-electron chi connectivity index (χ4n) is 4.71. The first-order chi connectivity index (χ1) is 17.3. The number of rotatable bonds is 5. The highest BCUT2D eigenvalue weighted by Gasteiger charge is 2.24. The predicted octanol–water partition coefficient (Wildman–Crippen LogP) is 9.34. The van der Waals surface area contributed by atoms with Crippen molar-refractivity contribution in [3.63, 3.8) is 0 Å². The average Bonchev–Trinajstić information content (AvgIpc) is 3.08. The van der Waals surface area contributed by atoms with Gasteiger partial charge in [-0.15, -0.1) is 0 Å². The summed E-state index contributed by atoms with van der Waals surface area (Å²) in [6.07, 6.45) is 0. The normalized spacial score (nSPS) is 12.4. The van der Waals surface area contributed by atoms with Gasteiger partial charge in [0.05, 0.1) is 0 Å². The molecule has 0 spiro atoms. The maximum Gasteiger partial charge on any atom is 0.310 e. The Morgan fingerprint density at radius 1 is 0.600 bits per heavy atom. The highest BCUT2D eigenvalue weighted by atomic mass is 31.1. The quantitative estimate of drug-likeness (QED) is 0.249. The van der Waals surface area contributed by atoms with Crippen molar-refractivity contribution in [1.82, 2.24) is 0 Å². The van der Waals surface area contributed by atoms with Crippen LogP contribution in [0, 0.1) is 0 Å². The summed E-state index contributed by atoms with van der Waals surface area (Å²) in [5.41, 5.74) is 4.19. The van der Waals surface area contributed by atoms with Crippen LogP contribution in [0.1, 0.15) is 24.1 Å². The summed E-state index contributed by atoms with van der Waals surface area (Å²) in [7, 11) is -1.44. The van der Waals surface area contributed by atoms with Gasteiger partial charge in [0.25, 0.3) is 0 Å². The van der Waals surface area contributed by atoms with Crippen molar-refractivity contribution >= 4 is 40.9 Å². The van der Waals surface area contributed by atoms with Gasteiger partial charge in [-0.3, -0.25) is 0 Å². The van der Waals surface area contributed by atoms with E-state index in [1.54, 1.807) is 0 Å². The molecule has 1 atom stereocenters. The molecular weight excluding hydrogens is 449 g/mol. The van der Waals surface area contributed by atoms with E-state index in [9.17, 15) is 0 Å². The van der Waals surface area contributed by atoms with Gasteiger partial charge in [-0.1, -0.05) is 109 Å². The first kappa shape index (κ1) is 21.7. The Morgan fingerprint density at radius 3 is 1.83 bits per heavy atom. The third-order valence-electron chi connectivity index (χ3n) is 6.53. The zero-order chi connectivity index (χ0) is 23.6. The van der Waals surface area contributed by atoms with E-state index in [1.165, 1.54) is 21.9 Å². The molecule has 1 heterocycles. The second-order valence-electron chi connectivity index (χ2n) is 8.74. The summed E-state index contributed by atoms with van der Waals surface area (Å²) < 4.78 is 15.8. The van der Waals surface area contributed by atoms with Crippen LogP contribution < -0.4 is 4.67 Å². The Balaban J connectivity index is 1.59. The zero-order valence-electron chi connectivity index (χ0n) is 19.5. The lowest BCUT2D eigenvalue weighted by Crippen LogP contribution is -2.23. The van der Waals surface area contributed by atoms with Crippen molar-refractivity contribution in [1.29, 1.82) is 0 Å². The molecule has 0 aliphatic rings. The number of hydrogen-bond acceptors (Lipinski definition) is 3. The lowest BCUT2D eigenvalue weighted by molar-refractivity contribution is 0.595. The van der Waals surface area contributed by atoms with E-state index in [0.29, 0.717) is 6.54 Å². The largest absolute Gasteiger partial charge is 0.408 e. The SMILES string of the molecule is C[C@H](c1cccc2ccccc12)N(Cc1ccccc1)p1oc2ccccc2c2ccccc2o1. The highest BCUT2D eigenvalue weighted by Crippen LogP contribution is 2.43. The van der Waals surface area contributed by atoms with Gasteiger partial charge >= 0.3 is 8.16 Å². The summed E-state index contributed by atoms with van der Waals surface area (Å²) in [5.74, 6) is 0. The van der Waals surface area contributed by atoms with Gasteiger partial charge in [0.2, 0.25) is 0 Å². The molecule has 1 aromatic heterocycles. The third-order valence-corrected chi connectivity index (χ3v) is 8.15. The fraction of sp³-hybridized carbons (Fsp3) is 0.0968. The van der Waals surface area contributed by atoms with Crippen molar-refractivity contribution in [2.75, 3.05) is 4.67 Å². The lowest BCUT2D eigenvalue weighted by atomic mass is 9.99. The van der Waals surface area contributed by atoms with Gasteiger partial charge in [-0.25, -0.2) is 0 Å². The van der Waals surface area contributed by atoms with Crippen LogP contribution in [0.25, 0.3) is 32.7 Å². The van der Waals surface area contributed by atoms with E-state index in [0.717, 1.165) is 21.9 Å². The van der Waals surface area contributed by atoms with Crippen molar-refractivity contribution in [3.05, 3.63) is 132 Å². The molecule has 5 aromatic carbocycles. The third kappa shape index (κ3) is 4.25. The molecule has 0 saturated carbocycles. The second kappa shape index (κ2) is 9.46. The minimum absolute atomic E-state index is 0.0600. The van der Waals surface area contributed by atoms with Crippen LogP contribution in [0.3, 0.4) is 0 Å². The van der Waals surface area contributed by atoms with E-state index < -0.39 is 8.16 Å². The number of hydrogen-bond donors (Lipinski definition) is 0. The van der Waals surface area contributed by atoms with E-state index in [2.05, 4.69) is 96.5 Å². The van der Waals surface area contributed by atoms with E-state index in [-0.39, 0.29) is 6.04 Å². The van der Waals surface area contributed by atoms with Gasteiger partial charge in [-0.05, 0) is 41.0 Å². The molecule has 0 aliphatic heterocycles. The maximum absolute atomic E-state index is 6.70. The molecule has 0 unspecified atom stereocenters. The second-order valence-corrected chi connectivity index (χ2v) is 10.1. The smallest absolute Gasteiger partial charge is 0.310 e. The molecule has 6 rings (SSSR count). The number of benzene rings is 5. The molecule has 0 amide bonds. The van der Waals surface area contributed by atoms with Crippen molar-refractivity contribution < 1.29 is 8.39 Å². The van der Waals surface area contributed by atoms with E-state index in [4.69, 9.17) is 8.39 Å². The fourth-order valence-corrected chi connectivity index (χ4v) is 6.30. The van der Waals surface area contributed by atoms with Crippen LogP contribution in [0.15, 0.2) is 130 Å².